The van der Waals surface area contributed by atoms with Crippen molar-refractivity contribution in [2.45, 2.75) is 304 Å². The Bertz CT molecular complexity index is 1340. The normalized spacial score (nSPS) is 31.9. The fraction of sp³-hybridized carbons (Fsp3) is 0.981. The SMILES string of the molecule is CCCCCCCCCCCCCCCCCCCCCCCCC(=O)NC(COC1OC(CO)C(OC2OC(CO)C(OC3OC(CO)C(O)C(O)C3O)C(O)C2O)C(O)C1O)C(O)CCCCCCC. The van der Waals surface area contributed by atoms with E-state index in [0.29, 0.717) is 12.8 Å². The Morgan fingerprint density at radius 1 is 0.444 bits per heavy atom. The Hall–Kier alpha value is -1.21. The maximum atomic E-state index is 13.2. The first-order valence-corrected chi connectivity index (χ1v) is 28.3. The van der Waals surface area contributed by atoms with Gasteiger partial charge in [0.2, 0.25) is 5.91 Å². The molecule has 17 atom stereocenters. The topological polar surface area (TPSA) is 307 Å². The Labute approximate surface area is 430 Å². The first-order valence-electron chi connectivity index (χ1n) is 28.3. The van der Waals surface area contributed by atoms with Crippen molar-refractivity contribution in [3.63, 3.8) is 0 Å². The molecule has 3 aliphatic heterocycles. The van der Waals surface area contributed by atoms with Crippen LogP contribution in [-0.2, 0) is 33.2 Å². The molecule has 0 radical (unpaired) electrons. The van der Waals surface area contributed by atoms with Crippen LogP contribution < -0.4 is 5.32 Å². The number of aliphatic hydroxyl groups is 11. The minimum absolute atomic E-state index is 0.246. The van der Waals surface area contributed by atoms with Gasteiger partial charge in [-0.15, -0.1) is 0 Å². The van der Waals surface area contributed by atoms with Gasteiger partial charge in [-0.05, 0) is 12.8 Å². The highest BCUT2D eigenvalue weighted by Crippen LogP contribution is 2.33. The Morgan fingerprint density at radius 3 is 1.21 bits per heavy atom. The lowest BCUT2D eigenvalue weighted by molar-refractivity contribution is -0.379. The fourth-order valence-electron chi connectivity index (χ4n) is 9.96. The maximum Gasteiger partial charge on any atom is 0.220 e. The number of rotatable bonds is 41. The number of nitrogens with one attached hydrogen (secondary N) is 1. The third kappa shape index (κ3) is 23.2. The number of unbranched alkanes of at least 4 members (excludes halogenated alkanes) is 25. The smallest absolute Gasteiger partial charge is 0.220 e. The minimum Gasteiger partial charge on any atom is -0.394 e. The van der Waals surface area contributed by atoms with Gasteiger partial charge in [0.1, 0.15) is 73.2 Å². The van der Waals surface area contributed by atoms with Crippen LogP contribution in [0, 0.1) is 0 Å². The molecule has 3 heterocycles. The van der Waals surface area contributed by atoms with Gasteiger partial charge in [0.25, 0.3) is 0 Å². The zero-order chi connectivity index (χ0) is 52.7. The van der Waals surface area contributed by atoms with Crippen molar-refractivity contribution in [3.05, 3.63) is 0 Å². The van der Waals surface area contributed by atoms with E-state index in [1.165, 1.54) is 116 Å². The van der Waals surface area contributed by atoms with Crippen molar-refractivity contribution < 1.29 is 89.4 Å². The Kier molecular flexibility index (Phi) is 34.7. The van der Waals surface area contributed by atoms with E-state index in [1.54, 1.807) is 0 Å². The lowest BCUT2D eigenvalue weighted by atomic mass is 9.96. The van der Waals surface area contributed by atoms with Crippen LogP contribution >= 0.6 is 0 Å². The molecule has 72 heavy (non-hydrogen) atoms. The Balaban J connectivity index is 1.40. The van der Waals surface area contributed by atoms with Gasteiger partial charge in [-0.2, -0.15) is 0 Å². The molecule has 12 N–H and O–H groups in total. The molecule has 19 nitrogen and oxygen atoms in total. The van der Waals surface area contributed by atoms with Crippen LogP contribution in [0.15, 0.2) is 0 Å². The average Bonchev–Trinajstić information content (AvgIpc) is 3.37. The predicted molar refractivity (Wildman–Crippen MR) is 268 cm³/mol. The summed E-state index contributed by atoms with van der Waals surface area (Å²) in [7, 11) is 0. The van der Waals surface area contributed by atoms with Crippen molar-refractivity contribution in [1.82, 2.24) is 5.32 Å². The van der Waals surface area contributed by atoms with Gasteiger partial charge in [-0.25, -0.2) is 0 Å². The molecule has 0 spiro atoms. The summed E-state index contributed by atoms with van der Waals surface area (Å²) >= 11 is 0. The molecule has 19 heteroatoms. The van der Waals surface area contributed by atoms with E-state index >= 15 is 0 Å². The zero-order valence-electron chi connectivity index (χ0n) is 43.9. The van der Waals surface area contributed by atoms with Gasteiger partial charge in [-0.1, -0.05) is 181 Å². The molecule has 0 saturated carbocycles. The second-order valence-corrected chi connectivity index (χ2v) is 20.8. The summed E-state index contributed by atoms with van der Waals surface area (Å²) in [5.74, 6) is -0.246. The van der Waals surface area contributed by atoms with E-state index < -0.39 is 124 Å². The molecular weight excluding hydrogens is 939 g/mol. The van der Waals surface area contributed by atoms with Crippen molar-refractivity contribution in [3.8, 4) is 0 Å². The van der Waals surface area contributed by atoms with E-state index in [9.17, 15) is 61.0 Å². The number of amides is 1. The van der Waals surface area contributed by atoms with Crippen molar-refractivity contribution in [2.75, 3.05) is 26.4 Å². The van der Waals surface area contributed by atoms with Crippen molar-refractivity contribution in [2.24, 2.45) is 0 Å². The largest absolute Gasteiger partial charge is 0.394 e. The van der Waals surface area contributed by atoms with E-state index in [4.69, 9.17) is 28.4 Å². The third-order valence-electron chi connectivity index (χ3n) is 14.7. The summed E-state index contributed by atoms with van der Waals surface area (Å²) in [6.07, 6.45) is 7.08. The minimum atomic E-state index is -1.97. The molecule has 0 bridgehead atoms. The van der Waals surface area contributed by atoms with Crippen LogP contribution in [-0.4, -0.2) is 193 Å². The molecule has 0 aliphatic carbocycles. The van der Waals surface area contributed by atoms with E-state index in [0.717, 1.165) is 51.4 Å². The predicted octanol–water partition coefficient (Wildman–Crippen LogP) is 3.65. The molecular formula is C53H101NO18. The number of ether oxygens (including phenoxy) is 6. The Morgan fingerprint density at radius 2 is 0.792 bits per heavy atom. The first kappa shape index (κ1) is 65.1. The summed E-state index contributed by atoms with van der Waals surface area (Å²) in [6, 6.07) is -0.876. The van der Waals surface area contributed by atoms with E-state index in [1.807, 2.05) is 0 Å². The van der Waals surface area contributed by atoms with E-state index in [2.05, 4.69) is 19.2 Å². The van der Waals surface area contributed by atoms with E-state index in [-0.39, 0.29) is 18.9 Å². The number of hydrogen-bond donors (Lipinski definition) is 12. The lowest BCUT2D eigenvalue weighted by Crippen LogP contribution is -2.66. The molecule has 3 saturated heterocycles. The monoisotopic (exact) mass is 1040 g/mol. The molecule has 1 amide bonds. The van der Waals surface area contributed by atoms with Gasteiger partial charge in [0.15, 0.2) is 18.9 Å². The summed E-state index contributed by atoms with van der Waals surface area (Å²) in [4.78, 5) is 13.2. The second kappa shape index (κ2) is 38.4. The highest BCUT2D eigenvalue weighted by molar-refractivity contribution is 5.76. The van der Waals surface area contributed by atoms with Crippen LogP contribution in [0.5, 0.6) is 0 Å². The van der Waals surface area contributed by atoms with Crippen LogP contribution in [0.25, 0.3) is 0 Å². The summed E-state index contributed by atoms with van der Waals surface area (Å²) < 4.78 is 34.1. The van der Waals surface area contributed by atoms with Crippen LogP contribution in [0.4, 0.5) is 0 Å². The highest BCUT2D eigenvalue weighted by atomic mass is 16.8. The molecule has 17 unspecified atom stereocenters. The molecule has 0 aromatic heterocycles. The summed E-state index contributed by atoms with van der Waals surface area (Å²) in [6.45, 7) is 1.69. The summed E-state index contributed by atoms with van der Waals surface area (Å²) in [5, 5.41) is 119. The van der Waals surface area contributed by atoms with Gasteiger partial charge in [0, 0.05) is 6.42 Å². The van der Waals surface area contributed by atoms with Crippen molar-refractivity contribution in [1.29, 1.82) is 0 Å². The van der Waals surface area contributed by atoms with Gasteiger partial charge in [0.05, 0.1) is 38.6 Å². The maximum absolute atomic E-state index is 13.2. The van der Waals surface area contributed by atoms with Crippen molar-refractivity contribution >= 4 is 5.91 Å². The zero-order valence-corrected chi connectivity index (χ0v) is 43.9. The molecule has 3 fully saturated rings. The number of carbonyl (C=O) groups is 1. The molecule has 0 aromatic carbocycles. The fourth-order valence-corrected chi connectivity index (χ4v) is 9.96. The highest BCUT2D eigenvalue weighted by Gasteiger charge is 2.53. The van der Waals surface area contributed by atoms with Gasteiger partial charge in [-0.3, -0.25) is 4.79 Å². The standard InChI is InChI=1S/C53H101NO18/c1-3-5-7-9-10-11-12-13-14-15-16-17-18-19-20-21-22-23-24-25-27-29-31-41(59)54-36(37(58)30-28-26-8-6-4-2)35-67-51-47(65)44(62)49(39(33-56)69-51)72-53-48(66)45(63)50(40(34-57)70-53)71-52-46(64)43(61)42(60)38(32-55)68-52/h36-40,42-53,55-58,60-66H,3-35H2,1-2H3,(H,54,59). The number of aliphatic hydroxyl groups excluding tert-OH is 11. The number of hydrogen-bond acceptors (Lipinski definition) is 18. The third-order valence-corrected chi connectivity index (χ3v) is 14.7. The van der Waals surface area contributed by atoms with Crippen LogP contribution in [0.1, 0.15) is 200 Å². The lowest BCUT2D eigenvalue weighted by Gasteiger charge is -2.48. The van der Waals surface area contributed by atoms with Gasteiger partial charge < -0.3 is 89.9 Å². The molecule has 426 valence electrons. The van der Waals surface area contributed by atoms with Gasteiger partial charge >= 0.3 is 0 Å². The molecule has 3 rings (SSSR count). The first-order chi connectivity index (χ1) is 34.8. The average molecular weight is 1040 g/mol. The quantitative estimate of drug-likeness (QED) is 0.0389. The molecule has 0 aromatic rings. The second-order valence-electron chi connectivity index (χ2n) is 20.8. The summed E-state index contributed by atoms with van der Waals surface area (Å²) in [5.41, 5.74) is 0. The number of carbonyl (C=O) groups excluding carboxylic acids is 1. The van der Waals surface area contributed by atoms with Crippen LogP contribution in [0.3, 0.4) is 0 Å². The van der Waals surface area contributed by atoms with Crippen LogP contribution in [0.2, 0.25) is 0 Å². The molecule has 3 aliphatic rings.